The molecule has 0 spiro atoms. The minimum atomic E-state index is -0.490. The normalized spacial score (nSPS) is 17.6. The number of amidine groups is 2. The average Bonchev–Trinajstić information content (AvgIpc) is 2.98. The van der Waals surface area contributed by atoms with Crippen molar-refractivity contribution in [3.05, 3.63) is 59.4 Å². The van der Waals surface area contributed by atoms with Gasteiger partial charge < -0.3 is 5.32 Å². The Hall–Kier alpha value is -3.00. The highest BCUT2D eigenvalue weighted by molar-refractivity contribution is 8.14. The predicted molar refractivity (Wildman–Crippen MR) is 109 cm³/mol. The van der Waals surface area contributed by atoms with E-state index in [1.807, 2.05) is 24.3 Å². The number of aliphatic imine (C=N–C) groups is 2. The summed E-state index contributed by atoms with van der Waals surface area (Å²) in [5.74, 6) is -0.269. The Morgan fingerprint density at radius 2 is 2.07 bits per heavy atom. The third-order valence-corrected chi connectivity index (χ3v) is 5.38. The first kappa shape index (κ1) is 18.4. The number of aryl methyl sites for hydroxylation is 1. The number of fused-ring (bicyclic) bond motifs is 3. The maximum absolute atomic E-state index is 13.6. The van der Waals surface area contributed by atoms with E-state index in [-0.39, 0.29) is 23.4 Å². The monoisotopic (exact) mass is 396 g/mol. The van der Waals surface area contributed by atoms with Crippen LogP contribution in [0.2, 0.25) is 0 Å². The molecule has 4 rings (SSSR count). The first-order valence-electron chi connectivity index (χ1n) is 8.72. The van der Waals surface area contributed by atoms with Crippen LogP contribution in [0.3, 0.4) is 0 Å². The van der Waals surface area contributed by atoms with E-state index in [0.717, 1.165) is 17.3 Å². The van der Waals surface area contributed by atoms with Crippen molar-refractivity contribution in [1.29, 1.82) is 0 Å². The molecule has 0 aliphatic carbocycles. The number of para-hydroxylation sites is 1. The lowest BCUT2D eigenvalue weighted by atomic mass is 10.1. The SMILES string of the molecule is Cc1ccc(NC(=O)CSC2=Nc3ccccc3C3=NC(C)C(=O)N23)cc1F. The maximum atomic E-state index is 13.6. The molecule has 1 N–H and O–H groups in total. The Balaban J connectivity index is 1.52. The molecule has 0 saturated carbocycles. The first-order valence-corrected chi connectivity index (χ1v) is 9.71. The van der Waals surface area contributed by atoms with E-state index in [0.29, 0.717) is 27.9 Å². The molecule has 142 valence electrons. The van der Waals surface area contributed by atoms with Gasteiger partial charge in [0.1, 0.15) is 17.7 Å². The zero-order valence-corrected chi connectivity index (χ0v) is 16.1. The highest BCUT2D eigenvalue weighted by Crippen LogP contribution is 2.33. The summed E-state index contributed by atoms with van der Waals surface area (Å²) in [5, 5.41) is 3.07. The topological polar surface area (TPSA) is 74.1 Å². The number of hydrogen-bond donors (Lipinski definition) is 1. The number of amides is 2. The molecule has 0 bridgehead atoms. The van der Waals surface area contributed by atoms with E-state index >= 15 is 0 Å². The van der Waals surface area contributed by atoms with Gasteiger partial charge in [0.15, 0.2) is 5.17 Å². The maximum Gasteiger partial charge on any atom is 0.258 e. The van der Waals surface area contributed by atoms with Crippen LogP contribution in [0, 0.1) is 12.7 Å². The number of nitrogens with zero attached hydrogens (tertiary/aromatic N) is 3. The zero-order chi connectivity index (χ0) is 19.8. The van der Waals surface area contributed by atoms with Gasteiger partial charge in [-0.3, -0.25) is 14.6 Å². The van der Waals surface area contributed by atoms with Crippen molar-refractivity contribution in [2.75, 3.05) is 11.1 Å². The predicted octanol–water partition coefficient (Wildman–Crippen LogP) is 3.48. The summed E-state index contributed by atoms with van der Waals surface area (Å²) in [6, 6.07) is 11.5. The molecule has 2 aliphatic heterocycles. The molecule has 1 unspecified atom stereocenters. The Labute approximate surface area is 165 Å². The van der Waals surface area contributed by atoms with Gasteiger partial charge in [0.05, 0.1) is 11.4 Å². The molecule has 2 amide bonds. The smallest absolute Gasteiger partial charge is 0.258 e. The van der Waals surface area contributed by atoms with E-state index in [4.69, 9.17) is 0 Å². The fourth-order valence-corrected chi connectivity index (χ4v) is 3.77. The van der Waals surface area contributed by atoms with Gasteiger partial charge in [-0.1, -0.05) is 30.0 Å². The molecule has 0 aromatic heterocycles. The molecule has 2 aromatic carbocycles. The number of carbonyl (C=O) groups is 2. The number of nitrogens with one attached hydrogen (secondary N) is 1. The number of anilines is 1. The van der Waals surface area contributed by atoms with E-state index < -0.39 is 6.04 Å². The van der Waals surface area contributed by atoms with Crippen molar-refractivity contribution < 1.29 is 14.0 Å². The molecule has 0 fully saturated rings. The molecule has 28 heavy (non-hydrogen) atoms. The van der Waals surface area contributed by atoms with Gasteiger partial charge in [0.2, 0.25) is 5.91 Å². The van der Waals surface area contributed by atoms with Crippen LogP contribution in [0.5, 0.6) is 0 Å². The Morgan fingerprint density at radius 1 is 1.29 bits per heavy atom. The highest BCUT2D eigenvalue weighted by atomic mass is 32.2. The summed E-state index contributed by atoms with van der Waals surface area (Å²) >= 11 is 1.15. The lowest BCUT2D eigenvalue weighted by Crippen LogP contribution is -2.41. The molecule has 2 heterocycles. The fourth-order valence-electron chi connectivity index (χ4n) is 2.97. The Morgan fingerprint density at radius 3 is 2.86 bits per heavy atom. The van der Waals surface area contributed by atoms with E-state index in [2.05, 4.69) is 15.3 Å². The minimum Gasteiger partial charge on any atom is -0.325 e. The Bertz CT molecular complexity index is 1050. The molecule has 2 aliphatic rings. The lowest BCUT2D eigenvalue weighted by Gasteiger charge is -2.25. The van der Waals surface area contributed by atoms with Crippen LogP contribution in [0.1, 0.15) is 18.1 Å². The van der Waals surface area contributed by atoms with Gasteiger partial charge in [-0.05, 0) is 43.7 Å². The fraction of sp³-hybridized carbons (Fsp3) is 0.200. The van der Waals surface area contributed by atoms with Crippen molar-refractivity contribution in [2.45, 2.75) is 19.9 Å². The molecular weight excluding hydrogens is 379 g/mol. The molecule has 0 radical (unpaired) electrons. The molecule has 2 aromatic rings. The molecule has 1 atom stereocenters. The van der Waals surface area contributed by atoms with Crippen molar-refractivity contribution in [3.8, 4) is 0 Å². The Kier molecular flexibility index (Phi) is 4.72. The van der Waals surface area contributed by atoms with Gasteiger partial charge in [0.25, 0.3) is 5.91 Å². The van der Waals surface area contributed by atoms with Gasteiger partial charge >= 0.3 is 0 Å². The third kappa shape index (κ3) is 3.31. The van der Waals surface area contributed by atoms with Crippen molar-refractivity contribution >= 4 is 46.0 Å². The summed E-state index contributed by atoms with van der Waals surface area (Å²) in [5.41, 5.74) is 2.40. The van der Waals surface area contributed by atoms with Gasteiger partial charge in [-0.2, -0.15) is 0 Å². The van der Waals surface area contributed by atoms with Crippen LogP contribution in [0.15, 0.2) is 52.4 Å². The summed E-state index contributed by atoms with van der Waals surface area (Å²) < 4.78 is 13.6. The molecule has 6 nitrogen and oxygen atoms in total. The van der Waals surface area contributed by atoms with Crippen molar-refractivity contribution in [2.24, 2.45) is 9.98 Å². The van der Waals surface area contributed by atoms with E-state index in [9.17, 15) is 14.0 Å². The van der Waals surface area contributed by atoms with Crippen LogP contribution in [-0.4, -0.2) is 39.5 Å². The summed E-state index contributed by atoms with van der Waals surface area (Å²) in [4.78, 5) is 35.3. The second-order valence-corrected chi connectivity index (χ2v) is 7.46. The lowest BCUT2D eigenvalue weighted by molar-refractivity contribution is -0.124. The standard InChI is InChI=1S/C20H17FN4O2S/c1-11-7-8-13(9-15(11)21)23-17(26)10-28-20-24-16-6-4-3-5-14(16)18-22-12(2)19(27)25(18)20/h3-9,12H,10H2,1-2H3,(H,23,26). The van der Waals surface area contributed by atoms with E-state index in [1.54, 1.807) is 26.0 Å². The number of carbonyl (C=O) groups excluding carboxylic acids is 2. The van der Waals surface area contributed by atoms with Gasteiger partial charge in [-0.25, -0.2) is 14.3 Å². The van der Waals surface area contributed by atoms with E-state index in [1.165, 1.54) is 11.0 Å². The van der Waals surface area contributed by atoms with Crippen molar-refractivity contribution in [3.63, 3.8) is 0 Å². The van der Waals surface area contributed by atoms with Crippen LogP contribution >= 0.6 is 11.8 Å². The van der Waals surface area contributed by atoms with Crippen molar-refractivity contribution in [1.82, 2.24) is 4.90 Å². The minimum absolute atomic E-state index is 0.0297. The number of hydrogen-bond acceptors (Lipinski definition) is 5. The summed E-state index contributed by atoms with van der Waals surface area (Å²) in [6.07, 6.45) is 0. The second-order valence-electron chi connectivity index (χ2n) is 6.51. The number of thioether (sulfide) groups is 1. The largest absolute Gasteiger partial charge is 0.325 e. The quantitative estimate of drug-likeness (QED) is 0.863. The van der Waals surface area contributed by atoms with Crippen LogP contribution in [0.4, 0.5) is 15.8 Å². The van der Waals surface area contributed by atoms with Crippen LogP contribution < -0.4 is 5.32 Å². The first-order chi connectivity index (χ1) is 13.4. The zero-order valence-electron chi connectivity index (χ0n) is 15.3. The summed E-state index contributed by atoms with van der Waals surface area (Å²) in [7, 11) is 0. The highest BCUT2D eigenvalue weighted by Gasteiger charge is 2.39. The molecule has 8 heteroatoms. The molecule has 0 saturated heterocycles. The summed E-state index contributed by atoms with van der Waals surface area (Å²) in [6.45, 7) is 3.39. The average molecular weight is 396 g/mol. The third-order valence-electron chi connectivity index (χ3n) is 4.45. The number of halogens is 1. The van der Waals surface area contributed by atoms with Crippen LogP contribution in [-0.2, 0) is 9.59 Å². The van der Waals surface area contributed by atoms with Gasteiger partial charge in [0, 0.05) is 11.3 Å². The number of rotatable bonds is 3. The van der Waals surface area contributed by atoms with Gasteiger partial charge in [-0.15, -0.1) is 0 Å². The van der Waals surface area contributed by atoms with Crippen LogP contribution in [0.25, 0.3) is 0 Å². The number of benzene rings is 2. The molecular formula is C20H17FN4O2S. The second kappa shape index (κ2) is 7.20.